The van der Waals surface area contributed by atoms with Crippen LogP contribution in [-0.2, 0) is 0 Å². The summed E-state index contributed by atoms with van der Waals surface area (Å²) in [6, 6.07) is 16.8. The van der Waals surface area contributed by atoms with Gasteiger partial charge in [-0.3, -0.25) is 4.57 Å². The third kappa shape index (κ3) is 3.54. The molecule has 8 nitrogen and oxygen atoms in total. The fourth-order valence-corrected chi connectivity index (χ4v) is 4.01. The van der Waals surface area contributed by atoms with Crippen molar-refractivity contribution in [1.29, 1.82) is 0 Å². The number of nitrogens with zero attached hydrogens (tertiary/aromatic N) is 7. The van der Waals surface area contributed by atoms with Crippen LogP contribution in [0.15, 0.2) is 61.1 Å². The Morgan fingerprint density at radius 1 is 0.806 bits per heavy atom. The number of hydrogen-bond donors (Lipinski definition) is 1. The fraction of sp³-hybridized carbons (Fsp3) is 0.304. The second kappa shape index (κ2) is 7.54. The van der Waals surface area contributed by atoms with Crippen LogP contribution in [-0.4, -0.2) is 56.7 Å². The summed E-state index contributed by atoms with van der Waals surface area (Å²) in [6.45, 7) is 3.48. The number of fused-ring (bicyclic) bond motifs is 1. The van der Waals surface area contributed by atoms with Gasteiger partial charge in [0.15, 0.2) is 17.0 Å². The summed E-state index contributed by atoms with van der Waals surface area (Å²) >= 11 is 0. The van der Waals surface area contributed by atoms with Crippen LogP contribution in [0, 0.1) is 0 Å². The minimum atomic E-state index is 0.494. The fourth-order valence-electron chi connectivity index (χ4n) is 4.01. The quantitative estimate of drug-likeness (QED) is 0.540. The zero-order valence-electron chi connectivity index (χ0n) is 17.2. The molecule has 2 fully saturated rings. The molecule has 0 atom stereocenters. The predicted molar refractivity (Wildman–Crippen MR) is 122 cm³/mol. The van der Waals surface area contributed by atoms with E-state index in [0.29, 0.717) is 6.04 Å². The third-order valence-corrected chi connectivity index (χ3v) is 5.87. The first-order valence-corrected chi connectivity index (χ1v) is 10.8. The molecule has 0 spiro atoms. The molecule has 4 aromatic rings. The SMILES string of the molecule is c1ccc(-n2cnc3c(NC4CC4)nc(N4CCN(c5ccccn5)CC4)nc32)cc1. The summed E-state index contributed by atoms with van der Waals surface area (Å²) in [5, 5.41) is 3.56. The van der Waals surface area contributed by atoms with Crippen molar-refractivity contribution in [2.75, 3.05) is 41.3 Å². The topological polar surface area (TPSA) is 75.0 Å². The van der Waals surface area contributed by atoms with Gasteiger partial charge in [0.1, 0.15) is 12.1 Å². The molecule has 1 saturated carbocycles. The molecule has 156 valence electrons. The van der Waals surface area contributed by atoms with Gasteiger partial charge in [-0.1, -0.05) is 24.3 Å². The third-order valence-electron chi connectivity index (χ3n) is 5.87. The normalized spacial score (nSPS) is 16.6. The molecule has 0 bridgehead atoms. The summed E-state index contributed by atoms with van der Waals surface area (Å²) in [4.78, 5) is 23.6. The van der Waals surface area contributed by atoms with E-state index in [-0.39, 0.29) is 0 Å². The van der Waals surface area contributed by atoms with Crippen molar-refractivity contribution in [3.63, 3.8) is 0 Å². The first-order valence-electron chi connectivity index (χ1n) is 10.8. The Morgan fingerprint density at radius 3 is 2.32 bits per heavy atom. The maximum atomic E-state index is 4.96. The van der Waals surface area contributed by atoms with Gasteiger partial charge in [-0.2, -0.15) is 9.97 Å². The zero-order chi connectivity index (χ0) is 20.6. The molecule has 1 N–H and O–H groups in total. The lowest BCUT2D eigenvalue weighted by Gasteiger charge is -2.35. The van der Waals surface area contributed by atoms with Crippen LogP contribution < -0.4 is 15.1 Å². The van der Waals surface area contributed by atoms with E-state index in [1.54, 1.807) is 0 Å². The van der Waals surface area contributed by atoms with E-state index >= 15 is 0 Å². The van der Waals surface area contributed by atoms with E-state index in [4.69, 9.17) is 9.97 Å². The highest BCUT2D eigenvalue weighted by atomic mass is 15.3. The van der Waals surface area contributed by atoms with E-state index in [1.165, 1.54) is 12.8 Å². The molecule has 8 heteroatoms. The van der Waals surface area contributed by atoms with Gasteiger partial charge in [0, 0.05) is 44.1 Å². The lowest BCUT2D eigenvalue weighted by Crippen LogP contribution is -2.47. The molecule has 0 amide bonds. The highest BCUT2D eigenvalue weighted by Crippen LogP contribution is 2.30. The minimum absolute atomic E-state index is 0.494. The molecule has 4 heterocycles. The molecular weight excluding hydrogens is 388 g/mol. The largest absolute Gasteiger partial charge is 0.365 e. The van der Waals surface area contributed by atoms with E-state index in [9.17, 15) is 0 Å². The number of nitrogens with one attached hydrogen (secondary N) is 1. The number of piperazine rings is 1. The molecule has 2 aliphatic rings. The summed E-state index contributed by atoms with van der Waals surface area (Å²) in [5.74, 6) is 2.62. The van der Waals surface area contributed by atoms with Crippen molar-refractivity contribution in [3.05, 3.63) is 61.1 Å². The monoisotopic (exact) mass is 412 g/mol. The van der Waals surface area contributed by atoms with Gasteiger partial charge in [-0.25, -0.2) is 9.97 Å². The van der Waals surface area contributed by atoms with E-state index in [0.717, 1.165) is 60.6 Å². The van der Waals surface area contributed by atoms with Gasteiger partial charge in [0.05, 0.1) is 0 Å². The lowest BCUT2D eigenvalue weighted by molar-refractivity contribution is 0.635. The van der Waals surface area contributed by atoms with Crippen molar-refractivity contribution >= 4 is 28.7 Å². The molecule has 1 aliphatic carbocycles. The number of imidazole rings is 1. The molecule has 0 unspecified atom stereocenters. The molecule has 31 heavy (non-hydrogen) atoms. The summed E-state index contributed by atoms with van der Waals surface area (Å²) in [6.07, 6.45) is 6.06. The number of pyridine rings is 1. The zero-order valence-corrected chi connectivity index (χ0v) is 17.2. The Balaban J connectivity index is 1.34. The van der Waals surface area contributed by atoms with Gasteiger partial charge in [-0.05, 0) is 37.1 Å². The average molecular weight is 413 g/mol. The second-order valence-corrected chi connectivity index (χ2v) is 8.08. The Morgan fingerprint density at radius 2 is 1.58 bits per heavy atom. The Hall–Kier alpha value is -3.68. The van der Waals surface area contributed by atoms with Crippen molar-refractivity contribution in [2.45, 2.75) is 18.9 Å². The van der Waals surface area contributed by atoms with Gasteiger partial charge in [-0.15, -0.1) is 0 Å². The first-order chi connectivity index (χ1) is 15.3. The lowest BCUT2D eigenvalue weighted by atomic mass is 10.3. The predicted octanol–water partition coefficient (Wildman–Crippen LogP) is 3.11. The number of benzene rings is 1. The standard InChI is InChI=1S/C23H24N8/c1-2-6-18(7-3-1)31-16-25-20-21(26-17-9-10-17)27-23(28-22(20)31)30-14-12-29(13-15-30)19-8-4-5-11-24-19/h1-8,11,16-17H,9-10,12-15H2,(H,26,27,28). The van der Waals surface area contributed by atoms with Crippen LogP contribution in [0.25, 0.3) is 16.9 Å². The Bertz CT molecular complexity index is 1180. The molecule has 1 saturated heterocycles. The minimum Gasteiger partial charge on any atom is -0.365 e. The smallest absolute Gasteiger partial charge is 0.229 e. The summed E-state index contributed by atoms with van der Waals surface area (Å²) in [5.41, 5.74) is 2.71. The highest BCUT2D eigenvalue weighted by Gasteiger charge is 2.26. The van der Waals surface area contributed by atoms with Gasteiger partial charge < -0.3 is 15.1 Å². The van der Waals surface area contributed by atoms with Crippen LogP contribution in [0.5, 0.6) is 0 Å². The molecule has 3 aromatic heterocycles. The number of hydrogen-bond acceptors (Lipinski definition) is 7. The van der Waals surface area contributed by atoms with E-state index in [1.807, 2.05) is 47.4 Å². The van der Waals surface area contributed by atoms with Crippen LogP contribution in [0.4, 0.5) is 17.6 Å². The first kappa shape index (κ1) is 18.1. The molecular formula is C23H24N8. The van der Waals surface area contributed by atoms with Crippen molar-refractivity contribution < 1.29 is 0 Å². The molecule has 1 aromatic carbocycles. The highest BCUT2D eigenvalue weighted by molar-refractivity contribution is 5.86. The number of aromatic nitrogens is 5. The number of anilines is 3. The van der Waals surface area contributed by atoms with E-state index < -0.39 is 0 Å². The maximum absolute atomic E-state index is 4.96. The van der Waals surface area contributed by atoms with Crippen molar-refractivity contribution in [1.82, 2.24) is 24.5 Å². The van der Waals surface area contributed by atoms with Crippen LogP contribution in [0.1, 0.15) is 12.8 Å². The van der Waals surface area contributed by atoms with Crippen LogP contribution in [0.3, 0.4) is 0 Å². The maximum Gasteiger partial charge on any atom is 0.229 e. The van der Waals surface area contributed by atoms with Gasteiger partial charge in [0.25, 0.3) is 0 Å². The molecule has 1 aliphatic heterocycles. The van der Waals surface area contributed by atoms with E-state index in [2.05, 4.69) is 43.3 Å². The van der Waals surface area contributed by atoms with Crippen molar-refractivity contribution in [2.24, 2.45) is 0 Å². The summed E-state index contributed by atoms with van der Waals surface area (Å²) < 4.78 is 2.04. The van der Waals surface area contributed by atoms with Crippen LogP contribution in [0.2, 0.25) is 0 Å². The second-order valence-electron chi connectivity index (χ2n) is 8.08. The Labute approximate surface area is 180 Å². The van der Waals surface area contributed by atoms with Crippen molar-refractivity contribution in [3.8, 4) is 5.69 Å². The molecule has 0 radical (unpaired) electrons. The summed E-state index contributed by atoms with van der Waals surface area (Å²) in [7, 11) is 0. The average Bonchev–Trinajstić information content (AvgIpc) is 3.55. The molecule has 6 rings (SSSR count). The number of rotatable bonds is 5. The van der Waals surface area contributed by atoms with Gasteiger partial charge >= 0.3 is 0 Å². The Kier molecular flexibility index (Phi) is 4.40. The van der Waals surface area contributed by atoms with Crippen LogP contribution >= 0.6 is 0 Å². The number of para-hydroxylation sites is 1. The van der Waals surface area contributed by atoms with Gasteiger partial charge in [0.2, 0.25) is 5.95 Å².